The largest absolute Gasteiger partial charge is 1.00 e. The van der Waals surface area contributed by atoms with Gasteiger partial charge in [0.2, 0.25) is 0 Å². The van der Waals surface area contributed by atoms with E-state index in [-0.39, 0.29) is 36.2 Å². The van der Waals surface area contributed by atoms with Gasteiger partial charge in [-0.1, -0.05) is 77.6 Å². The second kappa shape index (κ2) is 17.7. The second-order valence-electron chi connectivity index (χ2n) is 6.30. The molecular weight excluding hydrogens is 323 g/mol. The van der Waals surface area contributed by atoms with Crippen LogP contribution < -0.4 is 29.6 Å². The van der Waals surface area contributed by atoms with Gasteiger partial charge in [-0.2, -0.15) is 0 Å². The molecule has 0 aromatic heterocycles. The minimum absolute atomic E-state index is 0. The quantitative estimate of drug-likeness (QED) is 0.257. The molecule has 0 aromatic carbocycles. The summed E-state index contributed by atoms with van der Waals surface area (Å²) in [6.07, 6.45) is 13.6. The Morgan fingerprint density at radius 3 is 1.57 bits per heavy atom. The molecule has 6 heteroatoms. The fourth-order valence-corrected chi connectivity index (χ4v) is 3.69. The van der Waals surface area contributed by atoms with Gasteiger partial charge >= 0.3 is 29.6 Å². The Hall–Kier alpha value is 0.870. The normalized spacial score (nSPS) is 12.8. The molecule has 0 saturated carbocycles. The number of aliphatic hydroxyl groups excluding tert-OH is 1. The molecule has 0 radical (unpaired) electrons. The van der Waals surface area contributed by atoms with E-state index in [2.05, 4.69) is 6.92 Å². The van der Waals surface area contributed by atoms with Crippen molar-refractivity contribution in [1.82, 2.24) is 0 Å². The zero-order chi connectivity index (χ0) is 16.7. The van der Waals surface area contributed by atoms with Gasteiger partial charge < -0.3 is 9.66 Å². The Labute approximate surface area is 165 Å². The molecule has 0 heterocycles. The van der Waals surface area contributed by atoms with Crippen LogP contribution in [-0.2, 0) is 10.1 Å². The van der Waals surface area contributed by atoms with Crippen LogP contribution in [0.3, 0.4) is 0 Å². The van der Waals surface area contributed by atoms with E-state index in [1.165, 1.54) is 25.7 Å². The summed E-state index contributed by atoms with van der Waals surface area (Å²) in [5, 5.41) is 7.99. The van der Waals surface area contributed by atoms with Crippen molar-refractivity contribution in [2.24, 2.45) is 0 Å². The Morgan fingerprint density at radius 1 is 0.783 bits per heavy atom. The molecule has 0 aliphatic carbocycles. The SMILES string of the molecule is CCCCCCCCCC(CCCCCCCO)S(=O)(=O)[O-].[Na+]. The minimum Gasteiger partial charge on any atom is -0.748 e. The Bertz CT molecular complexity index is 333. The van der Waals surface area contributed by atoms with Gasteiger partial charge in [0.25, 0.3) is 0 Å². The molecule has 1 N–H and O–H groups in total. The molecule has 1 atom stereocenters. The van der Waals surface area contributed by atoms with Crippen LogP contribution in [0.1, 0.15) is 96.8 Å². The molecule has 0 fully saturated rings. The van der Waals surface area contributed by atoms with E-state index in [0.717, 1.165) is 51.4 Å². The molecule has 23 heavy (non-hydrogen) atoms. The molecule has 0 rings (SSSR count). The van der Waals surface area contributed by atoms with Gasteiger partial charge in [-0.15, -0.1) is 0 Å². The number of rotatable bonds is 16. The first-order chi connectivity index (χ1) is 10.5. The summed E-state index contributed by atoms with van der Waals surface area (Å²) in [4.78, 5) is 0. The van der Waals surface area contributed by atoms with Crippen LogP contribution >= 0.6 is 0 Å². The molecule has 0 bridgehead atoms. The van der Waals surface area contributed by atoms with E-state index in [4.69, 9.17) is 5.11 Å². The van der Waals surface area contributed by atoms with Crippen LogP contribution in [0, 0.1) is 0 Å². The predicted molar refractivity (Wildman–Crippen MR) is 90.9 cm³/mol. The van der Waals surface area contributed by atoms with Gasteiger partial charge in [0, 0.05) is 11.9 Å². The first kappa shape index (κ1) is 26.1. The summed E-state index contributed by atoms with van der Waals surface area (Å²) in [5.41, 5.74) is 0. The van der Waals surface area contributed by atoms with Crippen molar-refractivity contribution in [2.75, 3.05) is 6.61 Å². The monoisotopic (exact) mass is 358 g/mol. The van der Waals surface area contributed by atoms with Crippen LogP contribution in [0.2, 0.25) is 0 Å². The van der Waals surface area contributed by atoms with E-state index in [9.17, 15) is 13.0 Å². The average Bonchev–Trinajstić information content (AvgIpc) is 2.46. The number of hydrogen-bond donors (Lipinski definition) is 1. The van der Waals surface area contributed by atoms with Crippen LogP contribution in [0.4, 0.5) is 0 Å². The first-order valence-corrected chi connectivity index (χ1v) is 10.5. The Morgan fingerprint density at radius 2 is 1.17 bits per heavy atom. The molecule has 0 amide bonds. The molecule has 0 aliphatic heterocycles. The third-order valence-corrected chi connectivity index (χ3v) is 5.51. The predicted octanol–water partition coefficient (Wildman–Crippen LogP) is 1.38. The topological polar surface area (TPSA) is 77.4 Å². The summed E-state index contributed by atoms with van der Waals surface area (Å²) in [7, 11) is -4.15. The zero-order valence-electron chi connectivity index (χ0n) is 15.3. The van der Waals surface area contributed by atoms with E-state index >= 15 is 0 Å². The maximum atomic E-state index is 11.3. The van der Waals surface area contributed by atoms with Crippen molar-refractivity contribution in [1.29, 1.82) is 0 Å². The molecule has 0 saturated heterocycles. The van der Waals surface area contributed by atoms with Gasteiger partial charge in [-0.25, -0.2) is 8.42 Å². The number of unbranched alkanes of at least 4 members (excludes halogenated alkanes) is 10. The summed E-state index contributed by atoms with van der Waals surface area (Å²) in [5.74, 6) is 0. The molecule has 1 unspecified atom stereocenters. The van der Waals surface area contributed by atoms with Crippen LogP contribution in [0.15, 0.2) is 0 Å². The van der Waals surface area contributed by atoms with Crippen molar-refractivity contribution < 1.29 is 47.6 Å². The Kier molecular flexibility index (Phi) is 20.1. The van der Waals surface area contributed by atoms with Crippen molar-refractivity contribution >= 4 is 10.1 Å². The first-order valence-electron chi connectivity index (χ1n) is 9.08. The molecule has 0 aliphatic rings. The summed E-state index contributed by atoms with van der Waals surface area (Å²) in [6.45, 7) is 2.41. The van der Waals surface area contributed by atoms with Crippen molar-refractivity contribution in [3.63, 3.8) is 0 Å². The van der Waals surface area contributed by atoms with Gasteiger partial charge in [-0.05, 0) is 19.3 Å². The molecule has 0 spiro atoms. The van der Waals surface area contributed by atoms with Crippen molar-refractivity contribution in [3.05, 3.63) is 0 Å². The third-order valence-electron chi connectivity index (χ3n) is 4.22. The summed E-state index contributed by atoms with van der Waals surface area (Å²) >= 11 is 0. The molecular formula is C17H35NaO4S. The maximum absolute atomic E-state index is 11.3. The van der Waals surface area contributed by atoms with Crippen molar-refractivity contribution in [3.8, 4) is 0 Å². The standard InChI is InChI=1S/C17H36O4S.Na/c1-2-3-4-5-6-8-11-14-17(22(19,20)21)15-12-9-7-10-13-16-18;/h17-18H,2-16H2,1H3,(H,19,20,21);/q;+1/p-1. The molecule has 134 valence electrons. The van der Waals surface area contributed by atoms with Crippen LogP contribution in [0.5, 0.6) is 0 Å². The van der Waals surface area contributed by atoms with E-state index in [1.54, 1.807) is 0 Å². The summed E-state index contributed by atoms with van der Waals surface area (Å²) < 4.78 is 33.9. The molecule has 4 nitrogen and oxygen atoms in total. The van der Waals surface area contributed by atoms with Gasteiger partial charge in [0.15, 0.2) is 0 Å². The van der Waals surface area contributed by atoms with Crippen LogP contribution in [-0.4, -0.2) is 29.9 Å². The number of hydrogen-bond acceptors (Lipinski definition) is 4. The smallest absolute Gasteiger partial charge is 0.748 e. The second-order valence-corrected chi connectivity index (χ2v) is 7.96. The van der Waals surface area contributed by atoms with E-state index in [1.807, 2.05) is 0 Å². The zero-order valence-corrected chi connectivity index (χ0v) is 18.1. The van der Waals surface area contributed by atoms with E-state index < -0.39 is 15.4 Å². The fraction of sp³-hybridized carbons (Fsp3) is 1.00. The molecule has 0 aromatic rings. The third kappa shape index (κ3) is 17.5. The number of aliphatic hydroxyl groups is 1. The fourth-order valence-electron chi connectivity index (χ4n) is 2.78. The van der Waals surface area contributed by atoms with Gasteiger partial charge in [0.1, 0.15) is 0 Å². The van der Waals surface area contributed by atoms with Crippen molar-refractivity contribution in [2.45, 2.75) is 102 Å². The van der Waals surface area contributed by atoms with E-state index in [0.29, 0.717) is 12.8 Å². The minimum atomic E-state index is -4.15. The average molecular weight is 359 g/mol. The maximum Gasteiger partial charge on any atom is 1.00 e. The Balaban J connectivity index is 0. The van der Waals surface area contributed by atoms with Gasteiger partial charge in [0.05, 0.1) is 10.1 Å². The van der Waals surface area contributed by atoms with Crippen LogP contribution in [0.25, 0.3) is 0 Å². The van der Waals surface area contributed by atoms with Gasteiger partial charge in [-0.3, -0.25) is 0 Å². The summed E-state index contributed by atoms with van der Waals surface area (Å²) in [6, 6.07) is 0.